The molecule has 4 N–H and O–H groups in total. The summed E-state index contributed by atoms with van der Waals surface area (Å²) in [4.78, 5) is 2.17. The van der Waals surface area contributed by atoms with E-state index in [4.69, 9.17) is 15.2 Å². The standard InChI is InChI=1S/C36H42N2O4/c1-24-33(22-38(3)25(2)34(40)28-10-5-4-6-11-28)41-36(42-35(24)29-17-15-26(23-39)16-18-29)32-14-8-13-31(20-32)30-12-7-9-27(19-30)21-37/h4-20,24-25,33-36,39-40H,21-23,37H2,1-3H3. The van der Waals surface area contributed by atoms with Crippen LogP contribution in [0.2, 0.25) is 0 Å². The molecule has 4 aromatic rings. The molecule has 42 heavy (non-hydrogen) atoms. The Hall–Kier alpha value is -3.36. The first-order valence-electron chi connectivity index (χ1n) is 14.7. The van der Waals surface area contributed by atoms with Crippen LogP contribution in [0.3, 0.4) is 0 Å². The summed E-state index contributed by atoms with van der Waals surface area (Å²) in [5, 5.41) is 20.7. The van der Waals surface area contributed by atoms with E-state index in [0.717, 1.165) is 38.9 Å². The first-order valence-corrected chi connectivity index (χ1v) is 14.7. The number of hydrogen-bond acceptors (Lipinski definition) is 6. The summed E-state index contributed by atoms with van der Waals surface area (Å²) in [7, 11) is 2.04. The van der Waals surface area contributed by atoms with Crippen molar-refractivity contribution in [1.82, 2.24) is 4.90 Å². The van der Waals surface area contributed by atoms with Gasteiger partial charge in [0.1, 0.15) is 0 Å². The number of likely N-dealkylation sites (N-methyl/N-ethyl adjacent to an activating group) is 1. The van der Waals surface area contributed by atoms with E-state index in [-0.39, 0.29) is 30.8 Å². The van der Waals surface area contributed by atoms with Crippen molar-refractivity contribution < 1.29 is 19.7 Å². The SMILES string of the molecule is CC1C(CN(C)C(C)C(O)c2ccccc2)OC(c2cccc(-c3cccc(CN)c3)c2)OC1c1ccc(CO)cc1. The van der Waals surface area contributed by atoms with Gasteiger partial charge in [0.05, 0.1) is 24.9 Å². The van der Waals surface area contributed by atoms with Crippen LogP contribution in [0.4, 0.5) is 0 Å². The van der Waals surface area contributed by atoms with Gasteiger partial charge in [-0.05, 0) is 59.5 Å². The molecule has 0 amide bonds. The van der Waals surface area contributed by atoms with Gasteiger partial charge in [0.15, 0.2) is 6.29 Å². The van der Waals surface area contributed by atoms with E-state index in [1.807, 2.05) is 92.8 Å². The molecule has 5 rings (SSSR count). The Kier molecular flexibility index (Phi) is 9.85. The highest BCUT2D eigenvalue weighted by Crippen LogP contribution is 2.42. The average Bonchev–Trinajstić information content (AvgIpc) is 3.05. The predicted molar refractivity (Wildman–Crippen MR) is 166 cm³/mol. The molecule has 0 saturated carbocycles. The summed E-state index contributed by atoms with van der Waals surface area (Å²) in [6.07, 6.45) is -1.57. The number of benzene rings is 4. The number of aliphatic hydroxyl groups is 2. The summed E-state index contributed by atoms with van der Waals surface area (Å²) in [5.74, 6) is 0.0363. The largest absolute Gasteiger partial charge is 0.392 e. The van der Waals surface area contributed by atoms with Gasteiger partial charge in [0.25, 0.3) is 0 Å². The lowest BCUT2D eigenvalue weighted by molar-refractivity contribution is -0.276. The Morgan fingerprint density at radius 1 is 0.810 bits per heavy atom. The van der Waals surface area contributed by atoms with Crippen molar-refractivity contribution >= 4 is 0 Å². The van der Waals surface area contributed by atoms with Gasteiger partial charge in [-0.1, -0.05) is 97.9 Å². The van der Waals surface area contributed by atoms with E-state index in [9.17, 15) is 10.2 Å². The lowest BCUT2D eigenvalue weighted by Crippen LogP contribution is -2.46. The van der Waals surface area contributed by atoms with Crippen molar-refractivity contribution in [3.05, 3.63) is 131 Å². The molecule has 0 aromatic heterocycles. The van der Waals surface area contributed by atoms with Crippen LogP contribution < -0.4 is 5.73 Å². The fourth-order valence-corrected chi connectivity index (χ4v) is 5.69. The molecule has 0 spiro atoms. The van der Waals surface area contributed by atoms with E-state index in [1.54, 1.807) is 0 Å². The Bertz CT molecular complexity index is 1430. The summed E-state index contributed by atoms with van der Waals surface area (Å²) in [5.41, 5.74) is 12.9. The smallest absolute Gasteiger partial charge is 0.184 e. The van der Waals surface area contributed by atoms with Crippen LogP contribution in [0.5, 0.6) is 0 Å². The summed E-state index contributed by atoms with van der Waals surface area (Å²) in [6, 6.07) is 34.2. The first kappa shape index (κ1) is 30.1. The normalized spacial score (nSPS) is 22.2. The van der Waals surface area contributed by atoms with Crippen molar-refractivity contribution in [1.29, 1.82) is 0 Å². The van der Waals surface area contributed by atoms with E-state index in [0.29, 0.717) is 13.1 Å². The van der Waals surface area contributed by atoms with E-state index in [2.05, 4.69) is 36.1 Å². The zero-order valence-corrected chi connectivity index (χ0v) is 24.6. The second-order valence-corrected chi connectivity index (χ2v) is 11.4. The second kappa shape index (κ2) is 13.7. The highest BCUT2D eigenvalue weighted by Gasteiger charge is 2.39. The summed E-state index contributed by atoms with van der Waals surface area (Å²) < 4.78 is 13.4. The maximum Gasteiger partial charge on any atom is 0.184 e. The monoisotopic (exact) mass is 566 g/mol. The Morgan fingerprint density at radius 3 is 2.19 bits per heavy atom. The highest BCUT2D eigenvalue weighted by molar-refractivity contribution is 5.65. The van der Waals surface area contributed by atoms with E-state index < -0.39 is 12.4 Å². The third kappa shape index (κ3) is 6.81. The second-order valence-electron chi connectivity index (χ2n) is 11.4. The average molecular weight is 567 g/mol. The van der Waals surface area contributed by atoms with Gasteiger partial charge >= 0.3 is 0 Å². The van der Waals surface area contributed by atoms with Crippen molar-refractivity contribution in [3.8, 4) is 11.1 Å². The lowest BCUT2D eigenvalue weighted by atomic mass is 9.89. The van der Waals surface area contributed by atoms with E-state index >= 15 is 0 Å². The van der Waals surface area contributed by atoms with Crippen molar-refractivity contribution in [2.45, 2.75) is 57.6 Å². The summed E-state index contributed by atoms with van der Waals surface area (Å²) in [6.45, 7) is 5.31. The van der Waals surface area contributed by atoms with Gasteiger partial charge in [0.2, 0.25) is 0 Å². The van der Waals surface area contributed by atoms with Crippen molar-refractivity contribution in [3.63, 3.8) is 0 Å². The quantitative estimate of drug-likeness (QED) is 0.213. The molecule has 1 aliphatic heterocycles. The van der Waals surface area contributed by atoms with Gasteiger partial charge in [0, 0.05) is 30.6 Å². The van der Waals surface area contributed by atoms with Crippen molar-refractivity contribution in [2.24, 2.45) is 11.7 Å². The van der Waals surface area contributed by atoms with Gasteiger partial charge in [-0.2, -0.15) is 0 Å². The predicted octanol–water partition coefficient (Wildman–Crippen LogP) is 6.15. The minimum Gasteiger partial charge on any atom is -0.392 e. The van der Waals surface area contributed by atoms with Crippen LogP contribution in [0.25, 0.3) is 11.1 Å². The number of nitrogens with zero attached hydrogens (tertiary/aromatic N) is 1. The van der Waals surface area contributed by atoms with Crippen LogP contribution in [0.15, 0.2) is 103 Å². The highest BCUT2D eigenvalue weighted by atomic mass is 16.7. The van der Waals surface area contributed by atoms with Gasteiger partial charge < -0.3 is 25.4 Å². The topological polar surface area (TPSA) is 88.2 Å². The maximum atomic E-state index is 11.1. The third-order valence-corrected chi connectivity index (χ3v) is 8.54. The number of nitrogens with two attached hydrogens (primary N) is 1. The molecule has 1 saturated heterocycles. The van der Waals surface area contributed by atoms with Crippen LogP contribution in [0, 0.1) is 5.92 Å². The summed E-state index contributed by atoms with van der Waals surface area (Å²) >= 11 is 0. The molecular formula is C36H42N2O4. The molecule has 1 heterocycles. The molecule has 220 valence electrons. The minimum atomic E-state index is -0.620. The van der Waals surface area contributed by atoms with Gasteiger partial charge in [-0.15, -0.1) is 0 Å². The Morgan fingerprint density at radius 2 is 1.50 bits per heavy atom. The fourth-order valence-electron chi connectivity index (χ4n) is 5.69. The zero-order chi connectivity index (χ0) is 29.6. The van der Waals surface area contributed by atoms with Crippen LogP contribution in [-0.2, 0) is 22.6 Å². The number of rotatable bonds is 10. The molecule has 6 atom stereocenters. The van der Waals surface area contributed by atoms with E-state index in [1.165, 1.54) is 0 Å². The van der Waals surface area contributed by atoms with Gasteiger partial charge in [-0.25, -0.2) is 0 Å². The molecule has 6 nitrogen and oxygen atoms in total. The third-order valence-electron chi connectivity index (χ3n) is 8.54. The molecule has 1 aliphatic rings. The lowest BCUT2D eigenvalue weighted by Gasteiger charge is -2.43. The number of hydrogen-bond donors (Lipinski definition) is 3. The fraction of sp³-hybridized carbons (Fsp3) is 0.333. The molecule has 0 bridgehead atoms. The van der Waals surface area contributed by atoms with Crippen LogP contribution in [0.1, 0.15) is 60.2 Å². The zero-order valence-electron chi connectivity index (χ0n) is 24.6. The minimum absolute atomic E-state index is 0.000289. The van der Waals surface area contributed by atoms with Crippen LogP contribution in [-0.4, -0.2) is 40.9 Å². The molecular weight excluding hydrogens is 524 g/mol. The maximum absolute atomic E-state index is 11.1. The molecule has 0 aliphatic carbocycles. The first-order chi connectivity index (χ1) is 20.4. The Labute approximate surface area is 249 Å². The molecule has 0 radical (unpaired) electrons. The molecule has 1 fully saturated rings. The molecule has 4 aromatic carbocycles. The number of aliphatic hydroxyl groups excluding tert-OH is 2. The molecule has 6 unspecified atom stereocenters. The molecule has 6 heteroatoms. The van der Waals surface area contributed by atoms with Crippen LogP contribution >= 0.6 is 0 Å². The Balaban J connectivity index is 1.42. The van der Waals surface area contributed by atoms with Crippen molar-refractivity contribution in [2.75, 3.05) is 13.6 Å². The number of ether oxygens (including phenoxy) is 2. The van der Waals surface area contributed by atoms with Gasteiger partial charge in [-0.3, -0.25) is 4.90 Å².